The van der Waals surface area contributed by atoms with Gasteiger partial charge in [0.2, 0.25) is 0 Å². The van der Waals surface area contributed by atoms with Gasteiger partial charge in [0.05, 0.1) is 19.3 Å². The van der Waals surface area contributed by atoms with Crippen LogP contribution in [-0.4, -0.2) is 54.3 Å². The van der Waals surface area contributed by atoms with Crippen molar-refractivity contribution in [2.45, 2.75) is 50.9 Å². The molecule has 2 aliphatic rings. The van der Waals surface area contributed by atoms with E-state index < -0.39 is 5.60 Å². The molecule has 0 aromatic heterocycles. The van der Waals surface area contributed by atoms with Crippen LogP contribution in [0.15, 0.2) is 24.3 Å². The second kappa shape index (κ2) is 8.20. The first-order chi connectivity index (χ1) is 12.9. The Kier molecular flexibility index (Phi) is 6.12. The maximum absolute atomic E-state index is 9.15. The summed E-state index contributed by atoms with van der Waals surface area (Å²) in [6.07, 6.45) is 1.85. The third kappa shape index (κ3) is 4.47. The fourth-order valence-electron chi connectivity index (χ4n) is 4.23. The maximum atomic E-state index is 9.15. The molecule has 3 N–H and O–H groups in total. The molecule has 1 aromatic rings. The fraction of sp³-hybridized carbons (Fsp3) is 0.636. The smallest absolute Gasteiger partial charge is 0.139 e. The van der Waals surface area contributed by atoms with Crippen LogP contribution in [0.5, 0.6) is 5.75 Å². The SMILES string of the molecule is CC1(C)Oc2ccccc2[C@H]2O[C@@](C)(C#CC[NH+](CCO)CCO)CC[C@@H]21. The van der Waals surface area contributed by atoms with E-state index in [0.29, 0.717) is 25.6 Å². The summed E-state index contributed by atoms with van der Waals surface area (Å²) < 4.78 is 12.8. The quantitative estimate of drug-likeness (QED) is 0.672. The molecule has 0 aliphatic carbocycles. The predicted molar refractivity (Wildman–Crippen MR) is 104 cm³/mol. The van der Waals surface area contributed by atoms with Crippen LogP contribution in [-0.2, 0) is 4.74 Å². The molecular weight excluding hydrogens is 342 g/mol. The Balaban J connectivity index is 1.77. The summed E-state index contributed by atoms with van der Waals surface area (Å²) in [5, 5.41) is 18.3. The van der Waals surface area contributed by atoms with Crippen molar-refractivity contribution in [3.05, 3.63) is 29.8 Å². The minimum absolute atomic E-state index is 0.0173. The molecule has 0 spiro atoms. The molecule has 0 unspecified atom stereocenters. The van der Waals surface area contributed by atoms with Gasteiger partial charge in [-0.05, 0) is 45.6 Å². The number of rotatable bonds is 5. The van der Waals surface area contributed by atoms with Crippen LogP contribution in [0, 0.1) is 17.8 Å². The predicted octanol–water partition coefficient (Wildman–Crippen LogP) is 0.957. The number of hydrogen-bond donors (Lipinski definition) is 3. The van der Waals surface area contributed by atoms with Gasteiger partial charge in [0.15, 0.2) is 0 Å². The first-order valence-electron chi connectivity index (χ1n) is 9.89. The number of fused-ring (bicyclic) bond motifs is 3. The first kappa shape index (κ1) is 20.2. The molecule has 0 radical (unpaired) electrons. The summed E-state index contributed by atoms with van der Waals surface area (Å²) in [5.41, 5.74) is 0.352. The molecule has 0 amide bonds. The summed E-state index contributed by atoms with van der Waals surface area (Å²) in [7, 11) is 0. The number of quaternary nitrogens is 1. The van der Waals surface area contributed by atoms with Crippen molar-refractivity contribution in [1.82, 2.24) is 0 Å². The van der Waals surface area contributed by atoms with Gasteiger partial charge in [-0.3, -0.25) is 0 Å². The third-order valence-corrected chi connectivity index (χ3v) is 5.80. The van der Waals surface area contributed by atoms with Crippen LogP contribution in [0.2, 0.25) is 0 Å². The van der Waals surface area contributed by atoms with Gasteiger partial charge in [-0.2, -0.15) is 0 Å². The average Bonchev–Trinajstić information content (AvgIpc) is 2.61. The Bertz CT molecular complexity index is 702. The molecule has 5 nitrogen and oxygen atoms in total. The third-order valence-electron chi connectivity index (χ3n) is 5.80. The standard InChI is InChI=1S/C22H31NO4/c1-21(2)18-9-11-22(3,10-6-12-23(13-15-24)14-16-25)27-20(18)17-7-4-5-8-19(17)26-21/h4-5,7-8,18,20,24-25H,9,11-16H2,1-3H3/p+1/t18-,20+,22-/m0/s1. The Hall–Kier alpha value is -1.58. The zero-order chi connectivity index (χ0) is 19.5. The zero-order valence-electron chi connectivity index (χ0n) is 16.6. The highest BCUT2D eigenvalue weighted by atomic mass is 16.5. The van der Waals surface area contributed by atoms with Gasteiger partial charge in [-0.15, -0.1) is 0 Å². The summed E-state index contributed by atoms with van der Waals surface area (Å²) in [6.45, 7) is 8.33. The molecule has 0 saturated carbocycles. The number of aliphatic hydroxyl groups excluding tert-OH is 2. The maximum Gasteiger partial charge on any atom is 0.139 e. The molecule has 2 heterocycles. The van der Waals surface area contributed by atoms with Crippen LogP contribution in [0.4, 0.5) is 0 Å². The second-order valence-electron chi connectivity index (χ2n) is 8.33. The number of aliphatic hydroxyl groups is 2. The Morgan fingerprint density at radius 3 is 2.56 bits per heavy atom. The van der Waals surface area contributed by atoms with Crippen molar-refractivity contribution in [2.75, 3.05) is 32.8 Å². The average molecular weight is 375 g/mol. The number of ether oxygens (including phenoxy) is 2. The van der Waals surface area contributed by atoms with Gasteiger partial charge in [-0.1, -0.05) is 24.1 Å². The molecule has 1 saturated heterocycles. The molecule has 148 valence electrons. The second-order valence-corrected chi connectivity index (χ2v) is 8.33. The molecule has 1 fully saturated rings. The lowest BCUT2D eigenvalue weighted by molar-refractivity contribution is -0.893. The highest BCUT2D eigenvalue weighted by Gasteiger charge is 2.49. The van der Waals surface area contributed by atoms with E-state index in [9.17, 15) is 0 Å². The lowest BCUT2D eigenvalue weighted by atomic mass is 9.73. The van der Waals surface area contributed by atoms with E-state index in [1.165, 1.54) is 0 Å². The molecule has 27 heavy (non-hydrogen) atoms. The van der Waals surface area contributed by atoms with Crippen molar-refractivity contribution in [2.24, 2.45) is 5.92 Å². The Morgan fingerprint density at radius 1 is 1.15 bits per heavy atom. The fourth-order valence-corrected chi connectivity index (χ4v) is 4.23. The Labute approximate surface area is 162 Å². The van der Waals surface area contributed by atoms with Gasteiger partial charge in [-0.25, -0.2) is 0 Å². The largest absolute Gasteiger partial charge is 0.487 e. The van der Waals surface area contributed by atoms with Crippen molar-refractivity contribution < 1.29 is 24.6 Å². The lowest BCUT2D eigenvalue weighted by Crippen LogP contribution is -3.13. The van der Waals surface area contributed by atoms with Crippen LogP contribution >= 0.6 is 0 Å². The lowest BCUT2D eigenvalue weighted by Gasteiger charge is -2.50. The van der Waals surface area contributed by atoms with Gasteiger partial charge in [0, 0.05) is 11.5 Å². The number of para-hydroxylation sites is 1. The van der Waals surface area contributed by atoms with Crippen molar-refractivity contribution in [1.29, 1.82) is 0 Å². The van der Waals surface area contributed by atoms with E-state index in [1.807, 2.05) is 18.2 Å². The van der Waals surface area contributed by atoms with Crippen molar-refractivity contribution in [3.63, 3.8) is 0 Å². The van der Waals surface area contributed by atoms with E-state index in [4.69, 9.17) is 19.7 Å². The first-order valence-corrected chi connectivity index (χ1v) is 9.89. The molecule has 5 heteroatoms. The summed E-state index contributed by atoms with van der Waals surface area (Å²) >= 11 is 0. The number of hydrogen-bond acceptors (Lipinski definition) is 4. The minimum Gasteiger partial charge on any atom is -0.487 e. The van der Waals surface area contributed by atoms with Crippen molar-refractivity contribution in [3.8, 4) is 17.6 Å². The normalized spacial score (nSPS) is 28.5. The number of nitrogens with one attached hydrogen (secondary N) is 1. The summed E-state index contributed by atoms with van der Waals surface area (Å²) in [5.74, 6) is 7.78. The van der Waals surface area contributed by atoms with E-state index in [0.717, 1.165) is 29.1 Å². The van der Waals surface area contributed by atoms with Gasteiger partial charge in [0.1, 0.15) is 36.6 Å². The van der Waals surface area contributed by atoms with E-state index in [2.05, 4.69) is 38.7 Å². The van der Waals surface area contributed by atoms with Crippen LogP contribution in [0.1, 0.15) is 45.3 Å². The van der Waals surface area contributed by atoms with Gasteiger partial charge < -0.3 is 24.6 Å². The van der Waals surface area contributed by atoms with Crippen LogP contribution < -0.4 is 9.64 Å². The highest BCUT2D eigenvalue weighted by molar-refractivity contribution is 5.39. The monoisotopic (exact) mass is 374 g/mol. The molecular formula is C22H32NO4+. The molecule has 2 aliphatic heterocycles. The van der Waals surface area contributed by atoms with E-state index >= 15 is 0 Å². The summed E-state index contributed by atoms with van der Waals surface area (Å²) in [4.78, 5) is 1.09. The van der Waals surface area contributed by atoms with Gasteiger partial charge >= 0.3 is 0 Å². The van der Waals surface area contributed by atoms with E-state index in [-0.39, 0.29) is 24.9 Å². The van der Waals surface area contributed by atoms with Crippen LogP contribution in [0.25, 0.3) is 0 Å². The minimum atomic E-state index is -0.495. The molecule has 3 rings (SSSR count). The summed E-state index contributed by atoms with van der Waals surface area (Å²) in [6, 6.07) is 8.13. The topological polar surface area (TPSA) is 63.4 Å². The number of benzene rings is 1. The molecule has 0 bridgehead atoms. The molecule has 3 atom stereocenters. The van der Waals surface area contributed by atoms with E-state index in [1.54, 1.807) is 0 Å². The Morgan fingerprint density at radius 2 is 1.85 bits per heavy atom. The molecule has 1 aromatic carbocycles. The highest BCUT2D eigenvalue weighted by Crippen LogP contribution is 2.52. The zero-order valence-corrected chi connectivity index (χ0v) is 16.6. The van der Waals surface area contributed by atoms with Crippen LogP contribution in [0.3, 0.4) is 0 Å². The van der Waals surface area contributed by atoms with Gasteiger partial charge in [0.25, 0.3) is 0 Å². The van der Waals surface area contributed by atoms with Crippen molar-refractivity contribution >= 4 is 0 Å².